The van der Waals surface area contributed by atoms with Crippen LogP contribution in [0.2, 0.25) is 0 Å². The van der Waals surface area contributed by atoms with E-state index in [2.05, 4.69) is 67.7 Å². The minimum atomic E-state index is 0.689. The second kappa shape index (κ2) is 6.76. The molecule has 20 heavy (non-hydrogen) atoms. The maximum atomic E-state index is 3.99. The van der Waals surface area contributed by atoms with Gasteiger partial charge in [-0.2, -0.15) is 0 Å². The maximum Gasteiger partial charge on any atom is 0.0483 e. The first kappa shape index (κ1) is 14.9. The number of aromatic nitrogens is 1. The molecular formula is C18H26N2. The van der Waals surface area contributed by atoms with Crippen LogP contribution in [-0.4, -0.2) is 11.1 Å². The van der Waals surface area contributed by atoms with Crippen LogP contribution >= 0.6 is 0 Å². The van der Waals surface area contributed by atoms with Crippen LogP contribution in [0.15, 0.2) is 42.6 Å². The van der Waals surface area contributed by atoms with Gasteiger partial charge in [-0.25, -0.2) is 0 Å². The number of hydrogen-bond acceptors (Lipinski definition) is 1. The first-order chi connectivity index (χ1) is 9.58. The van der Waals surface area contributed by atoms with Crippen LogP contribution in [0.4, 0.5) is 0 Å². The highest BCUT2D eigenvalue weighted by atomic mass is 14.9. The van der Waals surface area contributed by atoms with Gasteiger partial charge in [-0.05, 0) is 43.5 Å². The SMILES string of the molecule is C=C(C)CCn1ccc2c(CNCC(C)C)cccc21. The van der Waals surface area contributed by atoms with E-state index < -0.39 is 0 Å². The molecule has 0 unspecified atom stereocenters. The zero-order valence-electron chi connectivity index (χ0n) is 12.9. The minimum Gasteiger partial charge on any atom is -0.347 e. The molecule has 0 bridgehead atoms. The molecule has 0 aliphatic carbocycles. The molecule has 0 spiro atoms. The molecule has 1 aromatic heterocycles. The Morgan fingerprint density at radius 2 is 2.10 bits per heavy atom. The maximum absolute atomic E-state index is 3.99. The van der Waals surface area contributed by atoms with Crippen molar-refractivity contribution in [2.75, 3.05) is 6.54 Å². The number of allylic oxidation sites excluding steroid dienone is 1. The topological polar surface area (TPSA) is 17.0 Å². The second-order valence-electron chi connectivity index (χ2n) is 6.09. The van der Waals surface area contributed by atoms with Crippen LogP contribution in [0.25, 0.3) is 10.9 Å². The monoisotopic (exact) mass is 270 g/mol. The Bertz CT molecular complexity index is 578. The lowest BCUT2D eigenvalue weighted by Gasteiger charge is -2.10. The Morgan fingerprint density at radius 1 is 1.30 bits per heavy atom. The summed E-state index contributed by atoms with van der Waals surface area (Å²) >= 11 is 0. The van der Waals surface area contributed by atoms with E-state index in [0.717, 1.165) is 26.1 Å². The van der Waals surface area contributed by atoms with Crippen LogP contribution in [0, 0.1) is 5.92 Å². The van der Waals surface area contributed by atoms with Gasteiger partial charge in [-0.15, -0.1) is 6.58 Å². The first-order valence-corrected chi connectivity index (χ1v) is 7.49. The molecule has 1 heterocycles. The number of fused-ring (bicyclic) bond motifs is 1. The Labute approximate surface area is 122 Å². The number of aryl methyl sites for hydroxylation is 1. The molecular weight excluding hydrogens is 244 g/mol. The molecule has 0 fully saturated rings. The highest BCUT2D eigenvalue weighted by Gasteiger charge is 2.05. The molecule has 108 valence electrons. The summed E-state index contributed by atoms with van der Waals surface area (Å²) < 4.78 is 2.33. The third-order valence-electron chi connectivity index (χ3n) is 3.55. The van der Waals surface area contributed by atoms with Gasteiger partial charge in [0.25, 0.3) is 0 Å². The van der Waals surface area contributed by atoms with Crippen LogP contribution in [-0.2, 0) is 13.1 Å². The van der Waals surface area contributed by atoms with Crippen molar-refractivity contribution in [2.24, 2.45) is 5.92 Å². The molecule has 1 aromatic carbocycles. The highest BCUT2D eigenvalue weighted by molar-refractivity contribution is 5.83. The van der Waals surface area contributed by atoms with Gasteiger partial charge in [-0.1, -0.05) is 31.6 Å². The molecule has 0 radical (unpaired) electrons. The fourth-order valence-corrected chi connectivity index (χ4v) is 2.44. The van der Waals surface area contributed by atoms with Crippen LogP contribution in [0.5, 0.6) is 0 Å². The molecule has 2 aromatic rings. The molecule has 0 aliphatic heterocycles. The van der Waals surface area contributed by atoms with Crippen molar-refractivity contribution in [3.05, 3.63) is 48.2 Å². The van der Waals surface area contributed by atoms with Crippen LogP contribution < -0.4 is 5.32 Å². The standard InChI is InChI=1S/C18H26N2/c1-14(2)8-10-20-11-9-17-16(6-5-7-18(17)20)13-19-12-15(3)4/h5-7,9,11,15,19H,1,8,10,12-13H2,2-4H3. The largest absolute Gasteiger partial charge is 0.347 e. The van der Waals surface area contributed by atoms with Gasteiger partial charge in [0.15, 0.2) is 0 Å². The zero-order chi connectivity index (χ0) is 14.5. The molecule has 0 saturated carbocycles. The predicted molar refractivity (Wildman–Crippen MR) is 87.9 cm³/mol. The zero-order valence-corrected chi connectivity index (χ0v) is 12.9. The number of nitrogens with zero attached hydrogens (tertiary/aromatic N) is 1. The summed E-state index contributed by atoms with van der Waals surface area (Å²) in [6.07, 6.45) is 3.24. The average molecular weight is 270 g/mol. The van der Waals surface area contributed by atoms with E-state index in [-0.39, 0.29) is 0 Å². The molecule has 2 heteroatoms. The van der Waals surface area contributed by atoms with Gasteiger partial charge >= 0.3 is 0 Å². The summed E-state index contributed by atoms with van der Waals surface area (Å²) in [5.41, 5.74) is 3.95. The van der Waals surface area contributed by atoms with Crippen molar-refractivity contribution in [1.82, 2.24) is 9.88 Å². The van der Waals surface area contributed by atoms with Crippen molar-refractivity contribution >= 4 is 10.9 Å². The lowest BCUT2D eigenvalue weighted by molar-refractivity contribution is 0.553. The van der Waals surface area contributed by atoms with E-state index >= 15 is 0 Å². The molecule has 0 saturated heterocycles. The third kappa shape index (κ3) is 3.73. The molecule has 2 nitrogen and oxygen atoms in total. The smallest absolute Gasteiger partial charge is 0.0483 e. The van der Waals surface area contributed by atoms with E-state index in [0.29, 0.717) is 5.92 Å². The Hall–Kier alpha value is -1.54. The fraction of sp³-hybridized carbons (Fsp3) is 0.444. The summed E-state index contributed by atoms with van der Waals surface area (Å²) in [6, 6.07) is 8.82. The van der Waals surface area contributed by atoms with E-state index in [4.69, 9.17) is 0 Å². The average Bonchev–Trinajstić information content (AvgIpc) is 2.80. The van der Waals surface area contributed by atoms with Crippen molar-refractivity contribution in [3.63, 3.8) is 0 Å². The van der Waals surface area contributed by atoms with Gasteiger partial charge in [0.2, 0.25) is 0 Å². The summed E-state index contributed by atoms with van der Waals surface area (Å²) in [6.45, 7) is 13.6. The second-order valence-corrected chi connectivity index (χ2v) is 6.09. The van der Waals surface area contributed by atoms with Gasteiger partial charge in [0, 0.05) is 30.2 Å². The molecule has 1 N–H and O–H groups in total. The fourth-order valence-electron chi connectivity index (χ4n) is 2.44. The summed E-state index contributed by atoms with van der Waals surface area (Å²) in [5, 5.41) is 4.90. The number of hydrogen-bond donors (Lipinski definition) is 1. The molecule has 0 amide bonds. The van der Waals surface area contributed by atoms with E-state index in [1.807, 2.05) is 0 Å². The van der Waals surface area contributed by atoms with Gasteiger partial charge in [0.1, 0.15) is 0 Å². The number of nitrogens with one attached hydrogen (secondary N) is 1. The van der Waals surface area contributed by atoms with Crippen molar-refractivity contribution in [2.45, 2.75) is 40.3 Å². The van der Waals surface area contributed by atoms with Crippen LogP contribution in [0.1, 0.15) is 32.8 Å². The minimum absolute atomic E-state index is 0.689. The number of benzene rings is 1. The predicted octanol–water partition coefficient (Wildman–Crippen LogP) is 4.35. The Balaban J connectivity index is 2.14. The van der Waals surface area contributed by atoms with Gasteiger partial charge < -0.3 is 9.88 Å². The number of rotatable bonds is 7. The Kier molecular flexibility index (Phi) is 5.02. The first-order valence-electron chi connectivity index (χ1n) is 7.49. The van der Waals surface area contributed by atoms with Crippen molar-refractivity contribution in [1.29, 1.82) is 0 Å². The summed E-state index contributed by atoms with van der Waals surface area (Å²) in [5.74, 6) is 0.689. The van der Waals surface area contributed by atoms with E-state index in [1.54, 1.807) is 0 Å². The van der Waals surface area contributed by atoms with Gasteiger partial charge in [-0.3, -0.25) is 0 Å². The van der Waals surface area contributed by atoms with Crippen molar-refractivity contribution < 1.29 is 0 Å². The summed E-state index contributed by atoms with van der Waals surface area (Å²) in [7, 11) is 0. The lowest BCUT2D eigenvalue weighted by Crippen LogP contribution is -2.19. The lowest BCUT2D eigenvalue weighted by atomic mass is 10.1. The van der Waals surface area contributed by atoms with E-state index in [1.165, 1.54) is 22.0 Å². The third-order valence-corrected chi connectivity index (χ3v) is 3.55. The van der Waals surface area contributed by atoms with Crippen LogP contribution in [0.3, 0.4) is 0 Å². The summed E-state index contributed by atoms with van der Waals surface area (Å²) in [4.78, 5) is 0. The Morgan fingerprint density at radius 3 is 2.80 bits per heavy atom. The van der Waals surface area contributed by atoms with Crippen molar-refractivity contribution in [3.8, 4) is 0 Å². The molecule has 2 rings (SSSR count). The molecule has 0 aliphatic rings. The highest BCUT2D eigenvalue weighted by Crippen LogP contribution is 2.21. The molecule has 0 atom stereocenters. The quantitative estimate of drug-likeness (QED) is 0.740. The van der Waals surface area contributed by atoms with Gasteiger partial charge in [0.05, 0.1) is 0 Å². The normalized spacial score (nSPS) is 11.4. The van der Waals surface area contributed by atoms with E-state index in [9.17, 15) is 0 Å².